The predicted octanol–water partition coefficient (Wildman–Crippen LogP) is 2.28. The highest BCUT2D eigenvalue weighted by atomic mass is 32.2. The van der Waals surface area contributed by atoms with Gasteiger partial charge in [-0.25, -0.2) is 13.2 Å². The Balaban J connectivity index is 2.20. The molecule has 0 spiro atoms. The van der Waals surface area contributed by atoms with Gasteiger partial charge in [0.25, 0.3) is 10.0 Å². The van der Waals surface area contributed by atoms with Crippen molar-refractivity contribution in [1.29, 1.82) is 0 Å². The molecule has 1 N–H and O–H groups in total. The Morgan fingerprint density at radius 2 is 2.05 bits per heavy atom. The van der Waals surface area contributed by atoms with Crippen LogP contribution in [0.4, 0.5) is 0 Å². The number of nitrogens with zero attached hydrogens (tertiary/aromatic N) is 2. The molecule has 8 heteroatoms. The second kappa shape index (κ2) is 6.15. The first-order chi connectivity index (χ1) is 10.2. The number of carbonyl (C=O) groups is 1. The molecule has 22 heavy (non-hydrogen) atoms. The maximum Gasteiger partial charge on any atom is 0.337 e. The molecule has 0 aliphatic carbocycles. The molecule has 2 aromatic rings. The van der Waals surface area contributed by atoms with Crippen LogP contribution in [0.2, 0.25) is 0 Å². The van der Waals surface area contributed by atoms with Crippen LogP contribution in [-0.2, 0) is 16.6 Å². The predicted molar refractivity (Wildman–Crippen MR) is 83.6 cm³/mol. The second-order valence-electron chi connectivity index (χ2n) is 4.91. The fraction of sp³-hybridized carbons (Fsp3) is 0.286. The number of hydrogen-bond acceptors (Lipinski definition) is 5. The van der Waals surface area contributed by atoms with E-state index in [1.807, 2.05) is 13.8 Å². The Bertz CT molecular complexity index is 775. The molecule has 0 unspecified atom stereocenters. The number of thiophene rings is 1. The van der Waals surface area contributed by atoms with Gasteiger partial charge in [0.15, 0.2) is 0 Å². The number of aromatic nitrogens is 1. The van der Waals surface area contributed by atoms with Gasteiger partial charge in [0.2, 0.25) is 0 Å². The molecule has 0 fully saturated rings. The molecule has 0 atom stereocenters. The van der Waals surface area contributed by atoms with Crippen molar-refractivity contribution < 1.29 is 18.3 Å². The highest BCUT2D eigenvalue weighted by Gasteiger charge is 2.24. The van der Waals surface area contributed by atoms with Gasteiger partial charge in [-0.15, -0.1) is 11.3 Å². The van der Waals surface area contributed by atoms with Crippen molar-refractivity contribution in [2.24, 2.45) is 0 Å². The highest BCUT2D eigenvalue weighted by Crippen LogP contribution is 2.27. The maximum absolute atomic E-state index is 12.5. The van der Waals surface area contributed by atoms with Crippen LogP contribution in [0.15, 0.2) is 28.6 Å². The fourth-order valence-corrected chi connectivity index (χ4v) is 4.65. The Labute approximate surface area is 133 Å². The molecular formula is C14H16N2O4S2. The lowest BCUT2D eigenvalue weighted by molar-refractivity contribution is 0.0696. The number of sulfonamides is 1. The van der Waals surface area contributed by atoms with Gasteiger partial charge in [-0.3, -0.25) is 4.98 Å². The summed E-state index contributed by atoms with van der Waals surface area (Å²) < 4.78 is 26.5. The summed E-state index contributed by atoms with van der Waals surface area (Å²) in [5.41, 5.74) is 1.50. The van der Waals surface area contributed by atoms with Crippen molar-refractivity contribution in [2.45, 2.75) is 24.6 Å². The summed E-state index contributed by atoms with van der Waals surface area (Å²) >= 11 is 1.24. The summed E-state index contributed by atoms with van der Waals surface area (Å²) in [7, 11) is -2.09. The van der Waals surface area contributed by atoms with Crippen molar-refractivity contribution in [3.05, 3.63) is 46.1 Å². The molecule has 0 saturated carbocycles. The third-order valence-corrected chi connectivity index (χ3v) is 6.67. The van der Waals surface area contributed by atoms with Crippen molar-refractivity contribution in [1.82, 2.24) is 9.29 Å². The third kappa shape index (κ3) is 3.34. The van der Waals surface area contributed by atoms with Crippen molar-refractivity contribution in [2.75, 3.05) is 7.05 Å². The van der Waals surface area contributed by atoms with E-state index in [1.54, 1.807) is 6.07 Å². The molecule has 0 saturated heterocycles. The van der Waals surface area contributed by atoms with E-state index in [2.05, 4.69) is 4.98 Å². The lowest BCUT2D eigenvalue weighted by Gasteiger charge is -2.15. The Hall–Kier alpha value is -1.77. The molecule has 2 rings (SSSR count). The summed E-state index contributed by atoms with van der Waals surface area (Å²) in [6.45, 7) is 3.83. The van der Waals surface area contributed by atoms with Crippen LogP contribution in [0.5, 0.6) is 0 Å². The average Bonchev–Trinajstić information content (AvgIpc) is 2.80. The van der Waals surface area contributed by atoms with Crippen LogP contribution >= 0.6 is 11.3 Å². The number of carboxylic acid groups (broad SMARTS) is 1. The van der Waals surface area contributed by atoms with Gasteiger partial charge >= 0.3 is 5.97 Å². The van der Waals surface area contributed by atoms with E-state index in [0.717, 1.165) is 10.4 Å². The molecule has 118 valence electrons. The van der Waals surface area contributed by atoms with E-state index < -0.39 is 16.0 Å². The minimum atomic E-state index is -3.57. The van der Waals surface area contributed by atoms with E-state index in [4.69, 9.17) is 5.11 Å². The van der Waals surface area contributed by atoms with E-state index in [9.17, 15) is 13.2 Å². The van der Waals surface area contributed by atoms with Gasteiger partial charge in [-0.2, -0.15) is 4.31 Å². The molecule has 0 bridgehead atoms. The monoisotopic (exact) mass is 340 g/mol. The first-order valence-electron chi connectivity index (χ1n) is 6.43. The highest BCUT2D eigenvalue weighted by molar-refractivity contribution is 7.91. The molecule has 0 amide bonds. The molecule has 2 heterocycles. The van der Waals surface area contributed by atoms with E-state index in [1.165, 1.54) is 41.0 Å². The standard InChI is InChI=1S/C14H16N2O4S2/c1-9-6-13(21-10(9)2)22(19,20)16(3)8-12-5-4-11(7-15-12)14(17)18/h4-7H,8H2,1-3H3,(H,17,18). The minimum Gasteiger partial charge on any atom is -0.478 e. The first kappa shape index (κ1) is 16.6. The van der Waals surface area contributed by atoms with Gasteiger partial charge in [0, 0.05) is 18.1 Å². The lowest BCUT2D eigenvalue weighted by atomic mass is 10.2. The van der Waals surface area contributed by atoms with Gasteiger partial charge in [0.05, 0.1) is 17.8 Å². The Morgan fingerprint density at radius 1 is 1.36 bits per heavy atom. The van der Waals surface area contributed by atoms with Crippen molar-refractivity contribution in [3.8, 4) is 0 Å². The minimum absolute atomic E-state index is 0.0683. The topological polar surface area (TPSA) is 87.6 Å². The molecular weight excluding hydrogens is 324 g/mol. The largest absolute Gasteiger partial charge is 0.478 e. The summed E-state index contributed by atoms with van der Waals surface area (Å²) in [4.78, 5) is 15.7. The van der Waals surface area contributed by atoms with Crippen LogP contribution in [0.25, 0.3) is 0 Å². The van der Waals surface area contributed by atoms with Gasteiger partial charge < -0.3 is 5.11 Å². The van der Waals surface area contributed by atoms with Crippen LogP contribution in [0.1, 0.15) is 26.5 Å². The van der Waals surface area contributed by atoms with Crippen LogP contribution in [0.3, 0.4) is 0 Å². The van der Waals surface area contributed by atoms with Crippen LogP contribution < -0.4 is 0 Å². The number of rotatable bonds is 5. The number of aromatic carboxylic acids is 1. The lowest BCUT2D eigenvalue weighted by Crippen LogP contribution is -2.26. The van der Waals surface area contributed by atoms with Crippen molar-refractivity contribution >= 4 is 27.3 Å². The normalized spacial score (nSPS) is 11.8. The van der Waals surface area contributed by atoms with Gasteiger partial charge in [-0.05, 0) is 37.6 Å². The Kier molecular flexibility index (Phi) is 4.64. The zero-order chi connectivity index (χ0) is 16.5. The molecule has 6 nitrogen and oxygen atoms in total. The van der Waals surface area contributed by atoms with Crippen LogP contribution in [-0.4, -0.2) is 35.8 Å². The summed E-state index contributed by atoms with van der Waals surface area (Å²) in [6, 6.07) is 4.58. The van der Waals surface area contributed by atoms with Crippen molar-refractivity contribution in [3.63, 3.8) is 0 Å². The summed E-state index contributed by atoms with van der Waals surface area (Å²) in [6.07, 6.45) is 1.22. The van der Waals surface area contributed by atoms with Crippen LogP contribution in [0, 0.1) is 13.8 Å². The molecule has 0 aliphatic heterocycles. The molecule has 2 aromatic heterocycles. The summed E-state index contributed by atoms with van der Waals surface area (Å²) in [5, 5.41) is 8.82. The van der Waals surface area contributed by atoms with Gasteiger partial charge in [-0.1, -0.05) is 0 Å². The summed E-state index contributed by atoms with van der Waals surface area (Å²) in [5.74, 6) is -1.07. The van der Waals surface area contributed by atoms with E-state index in [0.29, 0.717) is 9.90 Å². The quantitative estimate of drug-likeness (QED) is 0.902. The third-order valence-electron chi connectivity index (χ3n) is 3.26. The smallest absolute Gasteiger partial charge is 0.337 e. The van der Waals surface area contributed by atoms with Gasteiger partial charge in [0.1, 0.15) is 4.21 Å². The first-order valence-corrected chi connectivity index (χ1v) is 8.69. The Morgan fingerprint density at radius 3 is 2.50 bits per heavy atom. The maximum atomic E-state index is 12.5. The SMILES string of the molecule is Cc1cc(S(=O)(=O)N(C)Cc2ccc(C(=O)O)cn2)sc1C. The number of hydrogen-bond donors (Lipinski definition) is 1. The number of carboxylic acids is 1. The molecule has 0 aliphatic rings. The second-order valence-corrected chi connectivity index (χ2v) is 8.44. The molecule has 0 aromatic carbocycles. The average molecular weight is 340 g/mol. The fourth-order valence-electron chi connectivity index (χ4n) is 1.78. The zero-order valence-electron chi connectivity index (χ0n) is 12.4. The van der Waals surface area contributed by atoms with E-state index in [-0.39, 0.29) is 12.1 Å². The van der Waals surface area contributed by atoms with E-state index >= 15 is 0 Å². The molecule has 0 radical (unpaired) electrons. The number of aryl methyl sites for hydroxylation is 2. The number of pyridine rings is 1. The zero-order valence-corrected chi connectivity index (χ0v) is 14.0.